The van der Waals surface area contributed by atoms with Crippen molar-refractivity contribution in [3.63, 3.8) is 0 Å². The maximum absolute atomic E-state index is 12.6. The molecule has 2 atom stereocenters. The molecule has 2 aromatic rings. The third kappa shape index (κ3) is 3.42. The molecule has 0 aliphatic carbocycles. The minimum atomic E-state index is -0.357. The van der Waals surface area contributed by atoms with Crippen LogP contribution < -0.4 is 15.0 Å². The molecule has 2 amide bonds. The molecule has 1 aromatic carbocycles. The van der Waals surface area contributed by atoms with Crippen LogP contribution in [0.5, 0.6) is 5.75 Å². The van der Waals surface area contributed by atoms with Crippen molar-refractivity contribution in [3.05, 3.63) is 41.7 Å². The molecule has 0 bridgehead atoms. The van der Waals surface area contributed by atoms with Crippen LogP contribution in [0, 0.1) is 12.8 Å². The molecule has 1 saturated heterocycles. The van der Waals surface area contributed by atoms with Crippen molar-refractivity contribution in [1.82, 2.24) is 15.1 Å². The van der Waals surface area contributed by atoms with E-state index in [2.05, 4.69) is 10.4 Å². The number of nitrogens with zero attached hydrogens (tertiary/aromatic N) is 3. The highest BCUT2D eigenvalue weighted by Crippen LogP contribution is 2.27. The smallest absolute Gasteiger partial charge is 0.227 e. The first-order valence-corrected chi connectivity index (χ1v) is 8.64. The summed E-state index contributed by atoms with van der Waals surface area (Å²) in [5, 5.41) is 7.22. The standard InChI is InChI=1S/C19H24N4O3/c1-12(17-10-20-22(3)13(17)2)21-19(25)14-9-18(24)23(11-14)15-5-7-16(26-4)8-6-15/h5-8,10,12,14H,9,11H2,1-4H3,(H,21,25)/t12-,14-/m0/s1. The molecule has 0 spiro atoms. The highest BCUT2D eigenvalue weighted by Gasteiger charge is 2.35. The third-order valence-electron chi connectivity index (χ3n) is 4.98. The fourth-order valence-electron chi connectivity index (χ4n) is 3.24. The van der Waals surface area contributed by atoms with Gasteiger partial charge in [-0.1, -0.05) is 0 Å². The van der Waals surface area contributed by atoms with E-state index in [-0.39, 0.29) is 30.2 Å². The van der Waals surface area contributed by atoms with Gasteiger partial charge in [-0.05, 0) is 38.1 Å². The Hall–Kier alpha value is -2.83. The second kappa shape index (κ2) is 7.19. The second-order valence-corrected chi connectivity index (χ2v) is 6.64. The van der Waals surface area contributed by atoms with Crippen LogP contribution in [-0.4, -0.2) is 35.2 Å². The number of aryl methyl sites for hydroxylation is 1. The zero-order chi connectivity index (χ0) is 18.8. The van der Waals surface area contributed by atoms with Crippen molar-refractivity contribution in [2.24, 2.45) is 13.0 Å². The van der Waals surface area contributed by atoms with Crippen LogP contribution in [0.25, 0.3) is 0 Å². The number of amides is 2. The summed E-state index contributed by atoms with van der Waals surface area (Å²) in [4.78, 5) is 26.6. The van der Waals surface area contributed by atoms with Gasteiger partial charge in [-0.25, -0.2) is 0 Å². The van der Waals surface area contributed by atoms with Crippen LogP contribution in [0.15, 0.2) is 30.5 Å². The van der Waals surface area contributed by atoms with Gasteiger partial charge in [-0.2, -0.15) is 5.10 Å². The highest BCUT2D eigenvalue weighted by atomic mass is 16.5. The van der Waals surface area contributed by atoms with Crippen molar-refractivity contribution in [3.8, 4) is 5.75 Å². The van der Waals surface area contributed by atoms with Crippen molar-refractivity contribution in [1.29, 1.82) is 0 Å². The molecule has 3 rings (SSSR count). The first-order chi connectivity index (χ1) is 12.4. The Bertz CT molecular complexity index is 813. The largest absolute Gasteiger partial charge is 0.497 e. The number of carbonyl (C=O) groups excluding carboxylic acids is 2. The van der Waals surface area contributed by atoms with E-state index in [1.165, 1.54) is 0 Å². The van der Waals surface area contributed by atoms with Crippen molar-refractivity contribution in [2.45, 2.75) is 26.3 Å². The van der Waals surface area contributed by atoms with E-state index >= 15 is 0 Å². The molecule has 1 N–H and O–H groups in total. The maximum atomic E-state index is 12.6. The zero-order valence-electron chi connectivity index (χ0n) is 15.5. The van der Waals surface area contributed by atoms with Gasteiger partial charge in [0.05, 0.1) is 25.3 Å². The quantitative estimate of drug-likeness (QED) is 0.889. The lowest BCUT2D eigenvalue weighted by atomic mass is 10.1. The van der Waals surface area contributed by atoms with Crippen LogP contribution in [-0.2, 0) is 16.6 Å². The minimum Gasteiger partial charge on any atom is -0.497 e. The van der Waals surface area contributed by atoms with Crippen molar-refractivity contribution >= 4 is 17.5 Å². The lowest BCUT2D eigenvalue weighted by molar-refractivity contribution is -0.126. The van der Waals surface area contributed by atoms with Gasteiger partial charge >= 0.3 is 0 Å². The first kappa shape index (κ1) is 18.0. The van der Waals surface area contributed by atoms with E-state index in [1.807, 2.05) is 45.2 Å². The summed E-state index contributed by atoms with van der Waals surface area (Å²) < 4.78 is 6.92. The van der Waals surface area contributed by atoms with Gasteiger partial charge in [-0.3, -0.25) is 14.3 Å². The molecule has 0 radical (unpaired) electrons. The van der Waals surface area contributed by atoms with Gasteiger partial charge in [0, 0.05) is 37.0 Å². The average molecular weight is 356 g/mol. The van der Waals surface area contributed by atoms with Crippen LogP contribution in [0.1, 0.15) is 30.6 Å². The van der Waals surface area contributed by atoms with Crippen molar-refractivity contribution < 1.29 is 14.3 Å². The number of rotatable bonds is 5. The summed E-state index contributed by atoms with van der Waals surface area (Å²) in [6.07, 6.45) is 1.99. The SMILES string of the molecule is COc1ccc(N2C[C@@H](C(=O)N[C@@H](C)c3cnn(C)c3C)CC2=O)cc1. The van der Waals surface area contributed by atoms with Crippen LogP contribution >= 0.6 is 0 Å². The van der Waals surface area contributed by atoms with Gasteiger partial charge < -0.3 is 15.0 Å². The molecule has 1 aliphatic rings. The third-order valence-corrected chi connectivity index (χ3v) is 4.98. The number of benzene rings is 1. The summed E-state index contributed by atoms with van der Waals surface area (Å²) in [6.45, 7) is 4.28. The fourth-order valence-corrected chi connectivity index (χ4v) is 3.24. The Labute approximate surface area is 152 Å². The van der Waals surface area contributed by atoms with Crippen LogP contribution in [0.4, 0.5) is 5.69 Å². The Morgan fingerprint density at radius 3 is 2.62 bits per heavy atom. The monoisotopic (exact) mass is 356 g/mol. The summed E-state index contributed by atoms with van der Waals surface area (Å²) in [5.74, 6) is 0.227. The average Bonchev–Trinajstić information content (AvgIpc) is 3.18. The van der Waals surface area contributed by atoms with E-state index in [0.29, 0.717) is 6.54 Å². The molecule has 1 aromatic heterocycles. The Morgan fingerprint density at radius 1 is 1.35 bits per heavy atom. The van der Waals surface area contributed by atoms with Gasteiger partial charge in [0.15, 0.2) is 0 Å². The van der Waals surface area contributed by atoms with Crippen LogP contribution in [0.2, 0.25) is 0 Å². The summed E-state index contributed by atoms with van der Waals surface area (Å²) >= 11 is 0. The van der Waals surface area contributed by atoms with Gasteiger partial charge in [-0.15, -0.1) is 0 Å². The molecule has 0 saturated carbocycles. The maximum Gasteiger partial charge on any atom is 0.227 e. The van der Waals surface area contributed by atoms with E-state index in [0.717, 1.165) is 22.7 Å². The Morgan fingerprint density at radius 2 is 2.04 bits per heavy atom. The summed E-state index contributed by atoms with van der Waals surface area (Å²) in [7, 11) is 3.47. The van der Waals surface area contributed by atoms with E-state index in [9.17, 15) is 9.59 Å². The Balaban J connectivity index is 1.65. The predicted octanol–water partition coefficient (Wildman–Crippen LogP) is 1.97. The van der Waals surface area contributed by atoms with E-state index in [4.69, 9.17) is 4.74 Å². The number of carbonyl (C=O) groups is 2. The van der Waals surface area contributed by atoms with E-state index < -0.39 is 0 Å². The number of ether oxygens (including phenoxy) is 1. The number of aromatic nitrogens is 2. The summed E-state index contributed by atoms with van der Waals surface area (Å²) in [6, 6.07) is 7.13. The number of hydrogen-bond donors (Lipinski definition) is 1. The molecule has 26 heavy (non-hydrogen) atoms. The lowest BCUT2D eigenvalue weighted by Crippen LogP contribution is -2.34. The molecular formula is C19H24N4O3. The molecule has 138 valence electrons. The second-order valence-electron chi connectivity index (χ2n) is 6.64. The topological polar surface area (TPSA) is 76.5 Å². The minimum absolute atomic E-state index is 0.0412. The number of methoxy groups -OCH3 is 1. The van der Waals surface area contributed by atoms with Crippen molar-refractivity contribution in [2.75, 3.05) is 18.6 Å². The molecule has 1 aliphatic heterocycles. The lowest BCUT2D eigenvalue weighted by Gasteiger charge is -2.19. The van der Waals surface area contributed by atoms with Gasteiger partial charge in [0.2, 0.25) is 11.8 Å². The number of nitrogens with one attached hydrogen (secondary N) is 1. The number of hydrogen-bond acceptors (Lipinski definition) is 4. The fraction of sp³-hybridized carbons (Fsp3) is 0.421. The van der Waals surface area contributed by atoms with Crippen LogP contribution in [0.3, 0.4) is 0 Å². The number of anilines is 1. The first-order valence-electron chi connectivity index (χ1n) is 8.64. The molecule has 2 heterocycles. The predicted molar refractivity (Wildman–Crippen MR) is 98.0 cm³/mol. The molecule has 0 unspecified atom stereocenters. The molecule has 7 nitrogen and oxygen atoms in total. The van der Waals surface area contributed by atoms with Gasteiger partial charge in [0.1, 0.15) is 5.75 Å². The van der Waals surface area contributed by atoms with Gasteiger partial charge in [0.25, 0.3) is 0 Å². The summed E-state index contributed by atoms with van der Waals surface area (Å²) in [5.41, 5.74) is 2.78. The Kier molecular flexibility index (Phi) is 4.97. The highest BCUT2D eigenvalue weighted by molar-refractivity contribution is 6.00. The normalized spacial score (nSPS) is 18.1. The molecule has 7 heteroatoms. The molecule has 1 fully saturated rings. The molecular weight excluding hydrogens is 332 g/mol. The zero-order valence-corrected chi connectivity index (χ0v) is 15.5. The van der Waals surface area contributed by atoms with E-state index in [1.54, 1.807) is 22.9 Å².